The Bertz CT molecular complexity index is 1060. The van der Waals surface area contributed by atoms with E-state index in [1.54, 1.807) is 0 Å². The minimum atomic E-state index is -0.221. The zero-order valence-electron chi connectivity index (χ0n) is 17.2. The van der Waals surface area contributed by atoms with Crippen LogP contribution in [0.1, 0.15) is 49.3 Å². The van der Waals surface area contributed by atoms with Crippen LogP contribution in [0.3, 0.4) is 0 Å². The van der Waals surface area contributed by atoms with E-state index in [9.17, 15) is 4.79 Å². The van der Waals surface area contributed by atoms with E-state index in [0.717, 1.165) is 22.2 Å². The Morgan fingerprint density at radius 2 is 1.97 bits per heavy atom. The molecule has 0 aliphatic heterocycles. The number of amides is 1. The molecule has 6 heteroatoms. The first kappa shape index (κ1) is 21.1. The molecule has 1 aliphatic carbocycles. The number of hydrogen-bond donors (Lipinski definition) is 1. The molecule has 1 aromatic heterocycles. The molecule has 4 rings (SSSR count). The van der Waals surface area contributed by atoms with Crippen LogP contribution in [0.2, 0.25) is 0 Å². The third-order valence-corrected chi connectivity index (χ3v) is 6.75. The van der Waals surface area contributed by atoms with Gasteiger partial charge in [0.05, 0.1) is 10.2 Å². The molecule has 0 spiro atoms. The molecule has 30 heavy (non-hydrogen) atoms. The predicted molar refractivity (Wildman–Crippen MR) is 127 cm³/mol. The van der Waals surface area contributed by atoms with Crippen LogP contribution >= 0.6 is 27.3 Å². The van der Waals surface area contributed by atoms with Crippen LogP contribution in [-0.2, 0) is 17.6 Å². The summed E-state index contributed by atoms with van der Waals surface area (Å²) in [6.07, 6.45) is 4.84. The number of carbonyl (C=O) groups is 1. The van der Waals surface area contributed by atoms with E-state index in [-0.39, 0.29) is 12.5 Å². The molecule has 2 aromatic carbocycles. The van der Waals surface area contributed by atoms with E-state index < -0.39 is 0 Å². The monoisotopic (exact) mass is 484 g/mol. The first-order valence-corrected chi connectivity index (χ1v) is 12.0. The fraction of sp³-hybridized carbons (Fsp3) is 0.333. The van der Waals surface area contributed by atoms with Crippen molar-refractivity contribution in [2.75, 3.05) is 11.9 Å². The van der Waals surface area contributed by atoms with Crippen LogP contribution in [0.15, 0.2) is 46.3 Å². The van der Waals surface area contributed by atoms with Crippen LogP contribution in [0, 0.1) is 0 Å². The summed E-state index contributed by atoms with van der Waals surface area (Å²) in [6.45, 7) is 4.22. The van der Waals surface area contributed by atoms with Crippen molar-refractivity contribution < 1.29 is 9.53 Å². The first-order chi connectivity index (χ1) is 14.5. The van der Waals surface area contributed by atoms with Crippen molar-refractivity contribution in [1.82, 2.24) is 4.98 Å². The van der Waals surface area contributed by atoms with Gasteiger partial charge in [0.2, 0.25) is 0 Å². The molecule has 0 radical (unpaired) electrons. The highest BCUT2D eigenvalue weighted by Gasteiger charge is 2.13. The van der Waals surface area contributed by atoms with Gasteiger partial charge < -0.3 is 4.74 Å². The summed E-state index contributed by atoms with van der Waals surface area (Å²) in [5.41, 5.74) is 6.11. The molecule has 0 saturated heterocycles. The quantitative estimate of drug-likeness (QED) is 0.429. The van der Waals surface area contributed by atoms with Crippen LogP contribution in [0.5, 0.6) is 5.75 Å². The second-order valence-electron chi connectivity index (χ2n) is 7.91. The number of nitrogens with one attached hydrogen (secondary N) is 1. The number of aromatic nitrogens is 1. The van der Waals surface area contributed by atoms with Crippen molar-refractivity contribution in [2.24, 2.45) is 0 Å². The molecule has 1 aliphatic rings. The largest absolute Gasteiger partial charge is 0.483 e. The highest BCUT2D eigenvalue weighted by molar-refractivity contribution is 9.10. The first-order valence-electron chi connectivity index (χ1n) is 10.3. The Kier molecular flexibility index (Phi) is 6.54. The fourth-order valence-electron chi connectivity index (χ4n) is 3.65. The fourth-order valence-corrected chi connectivity index (χ4v) is 4.90. The number of fused-ring (bicyclic) bond motifs is 1. The summed E-state index contributed by atoms with van der Waals surface area (Å²) < 4.78 is 6.53. The number of anilines is 1. The molecule has 0 saturated carbocycles. The van der Waals surface area contributed by atoms with Gasteiger partial charge in [-0.05, 0) is 82.4 Å². The van der Waals surface area contributed by atoms with E-state index in [1.165, 1.54) is 47.3 Å². The lowest BCUT2D eigenvalue weighted by atomic mass is 9.90. The summed E-state index contributed by atoms with van der Waals surface area (Å²) in [5.74, 6) is 0.873. The third kappa shape index (κ3) is 4.93. The highest BCUT2D eigenvalue weighted by atomic mass is 79.9. The van der Waals surface area contributed by atoms with Crippen molar-refractivity contribution in [2.45, 2.75) is 45.4 Å². The Hall–Kier alpha value is -2.18. The van der Waals surface area contributed by atoms with Gasteiger partial charge >= 0.3 is 0 Å². The maximum Gasteiger partial charge on any atom is 0.264 e. The van der Waals surface area contributed by atoms with Crippen molar-refractivity contribution in [3.63, 3.8) is 0 Å². The minimum Gasteiger partial charge on any atom is -0.483 e. The number of rotatable bonds is 6. The van der Waals surface area contributed by atoms with E-state index in [4.69, 9.17) is 4.74 Å². The van der Waals surface area contributed by atoms with Gasteiger partial charge in [0, 0.05) is 10.9 Å². The zero-order valence-corrected chi connectivity index (χ0v) is 19.6. The van der Waals surface area contributed by atoms with Crippen molar-refractivity contribution in [1.29, 1.82) is 0 Å². The molecule has 1 heterocycles. The van der Waals surface area contributed by atoms with Crippen molar-refractivity contribution >= 4 is 38.3 Å². The summed E-state index contributed by atoms with van der Waals surface area (Å²) in [5, 5.41) is 5.42. The molecule has 0 unspecified atom stereocenters. The molecule has 0 fully saturated rings. The van der Waals surface area contributed by atoms with Crippen LogP contribution < -0.4 is 10.1 Å². The lowest BCUT2D eigenvalue weighted by Crippen LogP contribution is -2.20. The number of hydrogen-bond acceptors (Lipinski definition) is 4. The average Bonchev–Trinajstić information content (AvgIpc) is 3.20. The number of thiazole rings is 1. The summed E-state index contributed by atoms with van der Waals surface area (Å²) in [6, 6.07) is 12.5. The highest BCUT2D eigenvalue weighted by Crippen LogP contribution is 2.30. The average molecular weight is 485 g/mol. The molecule has 1 N–H and O–H groups in total. The number of benzene rings is 2. The zero-order chi connectivity index (χ0) is 21.1. The smallest absolute Gasteiger partial charge is 0.264 e. The molecule has 1 amide bonds. The SMILES string of the molecule is CC(C)c1ccc(OCC(=O)Nc2nc(-c3ccc4c(c3)CCCC4)cs2)c(Br)c1. The lowest BCUT2D eigenvalue weighted by Gasteiger charge is -2.16. The maximum atomic E-state index is 12.3. The Balaban J connectivity index is 1.36. The summed E-state index contributed by atoms with van der Waals surface area (Å²) >= 11 is 4.95. The Labute approximate surface area is 189 Å². The lowest BCUT2D eigenvalue weighted by molar-refractivity contribution is -0.118. The molecule has 4 nitrogen and oxygen atoms in total. The van der Waals surface area contributed by atoms with Gasteiger partial charge in [-0.25, -0.2) is 4.98 Å². The van der Waals surface area contributed by atoms with Gasteiger partial charge in [-0.1, -0.05) is 32.0 Å². The minimum absolute atomic E-state index is 0.0621. The molecular weight excluding hydrogens is 460 g/mol. The van der Waals surface area contributed by atoms with E-state index in [0.29, 0.717) is 16.8 Å². The summed E-state index contributed by atoms with van der Waals surface area (Å²) in [4.78, 5) is 16.9. The Morgan fingerprint density at radius 1 is 1.17 bits per heavy atom. The number of nitrogens with zero attached hydrogens (tertiary/aromatic N) is 1. The summed E-state index contributed by atoms with van der Waals surface area (Å²) in [7, 11) is 0. The molecule has 0 atom stereocenters. The van der Waals surface area contributed by atoms with Gasteiger partial charge in [-0.3, -0.25) is 10.1 Å². The number of halogens is 1. The second kappa shape index (κ2) is 9.31. The number of ether oxygens (including phenoxy) is 1. The number of aryl methyl sites for hydroxylation is 2. The predicted octanol–water partition coefficient (Wildman–Crippen LogP) is 6.59. The van der Waals surface area contributed by atoms with E-state index in [2.05, 4.69) is 58.3 Å². The Morgan fingerprint density at radius 3 is 2.73 bits per heavy atom. The van der Waals surface area contributed by atoms with E-state index >= 15 is 0 Å². The number of carbonyl (C=O) groups excluding carboxylic acids is 1. The maximum absolute atomic E-state index is 12.3. The van der Waals surface area contributed by atoms with Crippen LogP contribution in [0.25, 0.3) is 11.3 Å². The van der Waals surface area contributed by atoms with Gasteiger partial charge in [0.1, 0.15) is 5.75 Å². The van der Waals surface area contributed by atoms with Gasteiger partial charge in [0.15, 0.2) is 11.7 Å². The molecule has 0 bridgehead atoms. The van der Waals surface area contributed by atoms with Gasteiger partial charge in [-0.2, -0.15) is 0 Å². The van der Waals surface area contributed by atoms with Crippen LogP contribution in [-0.4, -0.2) is 17.5 Å². The molecular formula is C24H25BrN2O2S. The standard InChI is InChI=1S/C24H25BrN2O2S/c1-15(2)17-9-10-22(20(25)12-17)29-13-23(28)27-24-26-21(14-30-24)19-8-7-16-5-3-4-6-18(16)11-19/h7-12,14-15H,3-6,13H2,1-2H3,(H,26,27,28). The topological polar surface area (TPSA) is 51.2 Å². The van der Waals surface area contributed by atoms with Gasteiger partial charge in [0.25, 0.3) is 5.91 Å². The van der Waals surface area contributed by atoms with E-state index in [1.807, 2.05) is 23.6 Å². The molecule has 3 aromatic rings. The van der Waals surface area contributed by atoms with Crippen molar-refractivity contribution in [3.8, 4) is 17.0 Å². The third-order valence-electron chi connectivity index (χ3n) is 5.38. The second-order valence-corrected chi connectivity index (χ2v) is 9.62. The van der Waals surface area contributed by atoms with Crippen LogP contribution in [0.4, 0.5) is 5.13 Å². The normalized spacial score (nSPS) is 13.2. The molecule has 156 valence electrons. The van der Waals surface area contributed by atoms with Gasteiger partial charge in [-0.15, -0.1) is 11.3 Å². The van der Waals surface area contributed by atoms with Crippen molar-refractivity contribution in [3.05, 3.63) is 62.9 Å².